The predicted octanol–water partition coefficient (Wildman–Crippen LogP) is 5.13. The van der Waals surface area contributed by atoms with Gasteiger partial charge in [0.1, 0.15) is 17.5 Å². The predicted molar refractivity (Wildman–Crippen MR) is 126 cm³/mol. The lowest BCUT2D eigenvalue weighted by molar-refractivity contribution is -0.138. The van der Waals surface area contributed by atoms with Gasteiger partial charge in [-0.1, -0.05) is 37.9 Å². The Labute approximate surface area is 195 Å². The summed E-state index contributed by atoms with van der Waals surface area (Å²) in [6.07, 6.45) is 4.50. The molecular formula is C25H32ClFN4O. The maximum atomic E-state index is 14.6. The van der Waals surface area contributed by atoms with Crippen LogP contribution in [0.2, 0.25) is 5.02 Å². The topological polar surface area (TPSA) is 49.3 Å². The van der Waals surface area contributed by atoms with Crippen LogP contribution in [-0.4, -0.2) is 47.0 Å². The average Bonchev–Trinajstić information content (AvgIpc) is 2.75. The number of halogens is 2. The van der Waals surface area contributed by atoms with Crippen LogP contribution < -0.4 is 4.90 Å². The Balaban J connectivity index is 1.63. The standard InChI is InChI=1S/C25H32ClFN4O/c1-4-16(2)23-28-17(3)19(15-20-21(26)9-6-10-22(20)27)24(29-23)30-11-13-31(14-12-30)25(32)18-7-5-8-18/h6,9-10,16,18H,4-5,7-8,11-15H2,1-3H3/t16-/m1/s1. The van der Waals surface area contributed by atoms with Gasteiger partial charge in [0, 0.05) is 66.3 Å². The van der Waals surface area contributed by atoms with Gasteiger partial charge >= 0.3 is 0 Å². The van der Waals surface area contributed by atoms with E-state index in [2.05, 4.69) is 18.7 Å². The summed E-state index contributed by atoms with van der Waals surface area (Å²) in [6.45, 7) is 9.03. The van der Waals surface area contributed by atoms with Gasteiger partial charge in [0.25, 0.3) is 0 Å². The molecule has 1 aliphatic carbocycles. The molecule has 4 rings (SSSR count). The number of carbonyl (C=O) groups excluding carboxylic acids is 1. The van der Waals surface area contributed by atoms with Gasteiger partial charge in [-0.05, 0) is 38.3 Å². The Morgan fingerprint density at radius 2 is 1.91 bits per heavy atom. The lowest BCUT2D eigenvalue weighted by Crippen LogP contribution is -2.51. The van der Waals surface area contributed by atoms with Crippen molar-refractivity contribution < 1.29 is 9.18 Å². The van der Waals surface area contributed by atoms with E-state index in [1.54, 1.807) is 12.1 Å². The summed E-state index contributed by atoms with van der Waals surface area (Å²) >= 11 is 6.34. The van der Waals surface area contributed by atoms with Crippen LogP contribution in [0.15, 0.2) is 18.2 Å². The first-order chi connectivity index (χ1) is 15.4. The lowest BCUT2D eigenvalue weighted by atomic mass is 9.84. The number of rotatable bonds is 6. The van der Waals surface area contributed by atoms with Crippen molar-refractivity contribution in [3.63, 3.8) is 0 Å². The molecule has 5 nitrogen and oxygen atoms in total. The van der Waals surface area contributed by atoms with E-state index >= 15 is 0 Å². The number of benzene rings is 1. The Morgan fingerprint density at radius 3 is 2.50 bits per heavy atom. The van der Waals surface area contributed by atoms with Crippen molar-refractivity contribution in [2.45, 2.75) is 58.8 Å². The summed E-state index contributed by atoms with van der Waals surface area (Å²) in [5.41, 5.74) is 2.23. The molecule has 1 atom stereocenters. The van der Waals surface area contributed by atoms with Crippen molar-refractivity contribution >= 4 is 23.3 Å². The molecule has 2 aromatic rings. The summed E-state index contributed by atoms with van der Waals surface area (Å²) in [5.74, 6) is 2.11. The van der Waals surface area contributed by atoms with Gasteiger partial charge in [-0.25, -0.2) is 14.4 Å². The highest BCUT2D eigenvalue weighted by atomic mass is 35.5. The Hall–Kier alpha value is -2.21. The van der Waals surface area contributed by atoms with Gasteiger partial charge in [0.05, 0.1) is 0 Å². The third-order valence-electron chi connectivity index (χ3n) is 7.02. The largest absolute Gasteiger partial charge is 0.353 e. The van der Waals surface area contributed by atoms with Crippen molar-refractivity contribution in [2.24, 2.45) is 5.92 Å². The Morgan fingerprint density at radius 1 is 1.19 bits per heavy atom. The van der Waals surface area contributed by atoms with Crippen LogP contribution in [0.25, 0.3) is 0 Å². The molecule has 1 aliphatic heterocycles. The quantitative estimate of drug-likeness (QED) is 0.602. The zero-order valence-corrected chi connectivity index (χ0v) is 20.0. The molecule has 32 heavy (non-hydrogen) atoms. The molecule has 7 heteroatoms. The minimum atomic E-state index is -0.315. The van der Waals surface area contributed by atoms with Crippen LogP contribution in [-0.2, 0) is 11.2 Å². The van der Waals surface area contributed by atoms with Crippen LogP contribution in [0, 0.1) is 18.7 Å². The normalized spacial score (nSPS) is 17.9. The Kier molecular flexibility index (Phi) is 6.99. The number of aryl methyl sites for hydroxylation is 1. The smallest absolute Gasteiger partial charge is 0.225 e. The van der Waals surface area contributed by atoms with Gasteiger partial charge in [0.2, 0.25) is 5.91 Å². The fourth-order valence-corrected chi connectivity index (χ4v) is 4.63. The van der Waals surface area contributed by atoms with Crippen LogP contribution in [0.3, 0.4) is 0 Å². The first-order valence-corrected chi connectivity index (χ1v) is 12.1. The zero-order valence-electron chi connectivity index (χ0n) is 19.2. The third-order valence-corrected chi connectivity index (χ3v) is 7.38. The first kappa shape index (κ1) is 23.0. The molecule has 2 heterocycles. The lowest BCUT2D eigenvalue weighted by Gasteiger charge is -2.39. The minimum absolute atomic E-state index is 0.221. The van der Waals surface area contributed by atoms with E-state index in [1.165, 1.54) is 6.07 Å². The molecule has 0 radical (unpaired) electrons. The molecule has 172 valence electrons. The molecule has 0 bridgehead atoms. The molecule has 0 spiro atoms. The SMILES string of the molecule is CC[C@@H](C)c1nc(C)c(Cc2c(F)cccc2Cl)c(N2CCN(C(=O)C3CCC3)CC2)n1. The first-order valence-electron chi connectivity index (χ1n) is 11.7. The number of amides is 1. The molecule has 2 fully saturated rings. The highest BCUT2D eigenvalue weighted by Gasteiger charge is 2.32. The third kappa shape index (κ3) is 4.61. The van der Waals surface area contributed by atoms with Gasteiger partial charge in [-0.15, -0.1) is 0 Å². The minimum Gasteiger partial charge on any atom is -0.353 e. The molecular weight excluding hydrogens is 427 g/mol. The van der Waals surface area contributed by atoms with Crippen molar-refractivity contribution in [3.8, 4) is 0 Å². The second kappa shape index (κ2) is 9.74. The van der Waals surface area contributed by atoms with E-state index in [1.807, 2.05) is 11.8 Å². The monoisotopic (exact) mass is 458 g/mol. The molecule has 1 aromatic carbocycles. The van der Waals surface area contributed by atoms with Crippen molar-refractivity contribution in [1.29, 1.82) is 0 Å². The van der Waals surface area contributed by atoms with Crippen LogP contribution >= 0.6 is 11.6 Å². The number of nitrogens with zero attached hydrogens (tertiary/aromatic N) is 4. The van der Waals surface area contributed by atoms with E-state index in [0.29, 0.717) is 49.1 Å². The molecule has 0 unspecified atom stereocenters. The van der Waals surface area contributed by atoms with Gasteiger partial charge in [-0.3, -0.25) is 4.79 Å². The number of anilines is 1. The van der Waals surface area contributed by atoms with Crippen LogP contribution in [0.1, 0.15) is 68.1 Å². The average molecular weight is 459 g/mol. The number of carbonyl (C=O) groups is 1. The van der Waals surface area contributed by atoms with Crippen LogP contribution in [0.5, 0.6) is 0 Å². The van der Waals surface area contributed by atoms with E-state index < -0.39 is 0 Å². The summed E-state index contributed by atoms with van der Waals surface area (Å²) in [7, 11) is 0. The van der Waals surface area contributed by atoms with Gasteiger partial charge in [0.15, 0.2) is 0 Å². The summed E-state index contributed by atoms with van der Waals surface area (Å²) in [5, 5.41) is 0.414. The number of hydrogen-bond donors (Lipinski definition) is 0. The highest BCUT2D eigenvalue weighted by Crippen LogP contribution is 2.32. The van der Waals surface area contributed by atoms with Gasteiger partial charge in [-0.2, -0.15) is 0 Å². The number of piperazine rings is 1. The zero-order chi connectivity index (χ0) is 22.8. The van der Waals surface area contributed by atoms with Crippen molar-refractivity contribution in [1.82, 2.24) is 14.9 Å². The molecule has 1 amide bonds. The number of aromatic nitrogens is 2. The number of hydrogen-bond acceptors (Lipinski definition) is 4. The molecule has 1 aromatic heterocycles. The fraction of sp³-hybridized carbons (Fsp3) is 0.560. The maximum Gasteiger partial charge on any atom is 0.225 e. The summed E-state index contributed by atoms with van der Waals surface area (Å²) in [6, 6.07) is 4.78. The van der Waals surface area contributed by atoms with Crippen molar-refractivity contribution in [3.05, 3.63) is 51.7 Å². The second-order valence-corrected chi connectivity index (χ2v) is 9.50. The summed E-state index contributed by atoms with van der Waals surface area (Å²) < 4.78 is 14.6. The summed E-state index contributed by atoms with van der Waals surface area (Å²) in [4.78, 5) is 26.6. The van der Waals surface area contributed by atoms with E-state index in [-0.39, 0.29) is 17.7 Å². The van der Waals surface area contributed by atoms with Gasteiger partial charge < -0.3 is 9.80 Å². The fourth-order valence-electron chi connectivity index (χ4n) is 4.40. The molecule has 2 aliphatic rings. The van der Waals surface area contributed by atoms with Crippen molar-refractivity contribution in [2.75, 3.05) is 31.1 Å². The Bertz CT molecular complexity index is 966. The van der Waals surface area contributed by atoms with E-state index in [0.717, 1.165) is 48.6 Å². The molecule has 0 N–H and O–H groups in total. The van der Waals surface area contributed by atoms with Crippen LogP contribution in [0.4, 0.5) is 10.2 Å². The molecule has 1 saturated carbocycles. The maximum absolute atomic E-state index is 14.6. The second-order valence-electron chi connectivity index (χ2n) is 9.10. The highest BCUT2D eigenvalue weighted by molar-refractivity contribution is 6.31. The van der Waals surface area contributed by atoms with E-state index in [9.17, 15) is 9.18 Å². The molecule has 1 saturated heterocycles. The van der Waals surface area contributed by atoms with E-state index in [4.69, 9.17) is 21.6 Å².